The van der Waals surface area contributed by atoms with Gasteiger partial charge in [0.2, 0.25) is 0 Å². The first kappa shape index (κ1) is 67.8. The third-order valence-electron chi connectivity index (χ3n) is 10.1. The van der Waals surface area contributed by atoms with Gasteiger partial charge in [-0.3, -0.25) is 0 Å². The van der Waals surface area contributed by atoms with Crippen LogP contribution in [0.3, 0.4) is 0 Å². The normalized spacial score (nSPS) is 12.6. The SMILES string of the molecule is CCOC(=O)C(C(=O)OCC)=C(C)C.[Br][Ir+2].[C-]#[O+].[F][Sb-]([F])([F])([F])([F])[F].[F][Sb-]([F])([F])([F])([F])[F].c1ccc(P(c2ccccc2)c2ccc3ccccc3c2-c2c(P(c3ccccc3)c3ccccc3)ccc3ccccc23)cc1. The molecule has 0 spiro atoms. The van der Waals surface area contributed by atoms with Crippen LogP contribution in [0.5, 0.6) is 0 Å². The minimum absolute atomic E-state index is 0.00583. The second-order valence-electron chi connectivity index (χ2n) is 16.1. The fourth-order valence-corrected chi connectivity index (χ4v) is 12.4. The van der Waals surface area contributed by atoms with Gasteiger partial charge in [0.25, 0.3) is 0 Å². The van der Waals surface area contributed by atoms with Gasteiger partial charge in [0.05, 0.1) is 13.2 Å². The molecule has 8 aromatic carbocycles. The minimum atomic E-state index is -11.2. The summed E-state index contributed by atoms with van der Waals surface area (Å²) in [5, 5.41) is 13.3. The van der Waals surface area contributed by atoms with Crippen molar-refractivity contribution in [2.75, 3.05) is 13.2 Å². The fourth-order valence-electron chi connectivity index (χ4n) is 7.48. The number of esters is 2. The minimum Gasteiger partial charge on any atom is -0.0622 e. The van der Waals surface area contributed by atoms with Crippen LogP contribution in [-0.4, -0.2) is 64.1 Å². The number of ether oxygens (including phenoxy) is 2. The Labute approximate surface area is 467 Å². The molecule has 0 unspecified atom stereocenters. The van der Waals surface area contributed by atoms with Crippen LogP contribution in [0.4, 0.5) is 33.8 Å². The van der Waals surface area contributed by atoms with Crippen molar-refractivity contribution in [3.63, 3.8) is 0 Å². The number of carbonyl (C=O) groups excluding carboxylic acids is 2. The molecule has 0 radical (unpaired) electrons. The van der Waals surface area contributed by atoms with Crippen molar-refractivity contribution in [2.45, 2.75) is 27.7 Å². The summed E-state index contributed by atoms with van der Waals surface area (Å²) in [6, 6.07) is 71.8. The molecule has 0 fully saturated rings. The quantitative estimate of drug-likeness (QED) is 0.0149. The first-order valence-electron chi connectivity index (χ1n) is 22.6. The predicted molar refractivity (Wildman–Crippen MR) is 294 cm³/mol. The third kappa shape index (κ3) is 24.1. The Bertz CT molecular complexity index is 3000. The zero-order valence-corrected chi connectivity index (χ0v) is 52.3. The summed E-state index contributed by atoms with van der Waals surface area (Å²) >= 11 is -17.8. The Morgan fingerprint density at radius 1 is 0.436 bits per heavy atom. The molecule has 8 aromatic rings. The number of allylic oxidation sites excluding steroid dienone is 1. The molecule has 0 N–H and O–H groups in total. The largest absolute Gasteiger partial charge is 0.0622 e. The second kappa shape index (κ2) is 27.8. The van der Waals surface area contributed by atoms with Crippen molar-refractivity contribution in [1.29, 1.82) is 0 Å². The van der Waals surface area contributed by atoms with Crippen LogP contribution >= 0.6 is 29.3 Å². The molecule has 0 saturated carbocycles. The molecule has 23 heteroatoms. The number of benzene rings is 8. The van der Waals surface area contributed by atoms with Gasteiger partial charge in [0.15, 0.2) is 0 Å². The number of hydrogen-bond acceptors (Lipinski definition) is 4. The monoisotopic (exact) mass is 1590 g/mol. The molecule has 418 valence electrons. The molecule has 0 aromatic heterocycles. The molecule has 0 atom stereocenters. The maximum atomic E-state index is 11.3. The molecule has 0 aliphatic heterocycles. The van der Waals surface area contributed by atoms with Gasteiger partial charge in [0.1, 0.15) is 5.57 Å². The number of rotatable bonds is 11. The van der Waals surface area contributed by atoms with E-state index in [1.54, 1.807) is 27.7 Å². The molecule has 0 saturated heterocycles. The van der Waals surface area contributed by atoms with E-state index in [0.29, 0.717) is 5.57 Å². The molecule has 8 rings (SSSR count). The number of fused-ring (bicyclic) bond motifs is 2. The van der Waals surface area contributed by atoms with Crippen LogP contribution in [0.2, 0.25) is 0 Å². The van der Waals surface area contributed by atoms with Crippen LogP contribution in [0, 0.1) is 6.65 Å². The van der Waals surface area contributed by atoms with Crippen LogP contribution in [0.1, 0.15) is 27.7 Å². The zero-order chi connectivity index (χ0) is 58.7. The van der Waals surface area contributed by atoms with E-state index in [-0.39, 0.29) is 18.8 Å². The van der Waals surface area contributed by atoms with Gasteiger partial charge in [-0.1, -0.05) is 200 Å². The van der Waals surface area contributed by atoms with Crippen molar-refractivity contribution in [1.82, 2.24) is 0 Å². The second-order valence-corrected chi connectivity index (χ2v) is 31.4. The van der Waals surface area contributed by atoms with Gasteiger partial charge in [-0.05, 0) is 108 Å². The third-order valence-corrected chi connectivity index (χ3v) is 15.0. The summed E-state index contributed by atoms with van der Waals surface area (Å²) in [7, 11) is -1.70. The number of halogens is 13. The standard InChI is InChI=1S/C44H32P2.C10H16O4.CO.BrH.12FH.Ir.2Sb/c1-5-19-35(20-6-1)45(36-21-7-2-8-22-36)41-31-29-33-17-13-15-27-39(33)43(41)44-40-28-16-14-18-34(40)30-32-42(44)46(37-23-9-3-10-24-37)38-25-11-4-12-26-38;1-5-13-9(11)8(7(3)4)10(12)14-6-2;1-2;;;;;;;;;;;;;;;;/h1-32H;5-6H2,1-4H3;;13*1H;;;/q;;;;;;;;;;;;;;;;+3;2*+5/p-13. The molecule has 5 nitrogen and oxygen atoms in total. The molecule has 78 heavy (non-hydrogen) atoms. The van der Waals surface area contributed by atoms with E-state index >= 15 is 0 Å². The summed E-state index contributed by atoms with van der Waals surface area (Å²) in [6.07, 6.45) is 0. The van der Waals surface area contributed by atoms with Crippen molar-refractivity contribution in [3.05, 3.63) is 212 Å². The molecule has 0 amide bonds. The summed E-state index contributed by atoms with van der Waals surface area (Å²) < 4.78 is 136. The average molecular weight is 1590 g/mol. The van der Waals surface area contributed by atoms with E-state index in [1.807, 2.05) is 16.9 Å². The summed E-state index contributed by atoms with van der Waals surface area (Å²) in [6.45, 7) is 11.7. The van der Waals surface area contributed by atoms with E-state index in [2.05, 4.69) is 214 Å². The van der Waals surface area contributed by atoms with Crippen LogP contribution < -0.4 is 31.8 Å². The maximum absolute atomic E-state index is 11.3. The summed E-state index contributed by atoms with van der Waals surface area (Å²) in [5.41, 5.74) is 3.29. The Hall–Kier alpha value is -4.51. The van der Waals surface area contributed by atoms with Crippen molar-refractivity contribution in [2.24, 2.45) is 0 Å². The number of hydrogen-bond donors (Lipinski definition) is 0. The van der Waals surface area contributed by atoms with E-state index in [9.17, 15) is 43.3 Å². The molecule has 0 aliphatic carbocycles. The van der Waals surface area contributed by atoms with Crippen LogP contribution in [0.15, 0.2) is 205 Å². The van der Waals surface area contributed by atoms with Crippen molar-refractivity contribution in [3.8, 4) is 11.1 Å². The molecule has 0 bridgehead atoms. The zero-order valence-electron chi connectivity index (χ0n) is 41.5. The van der Waals surface area contributed by atoms with Crippen molar-refractivity contribution < 1.29 is 74.4 Å². The smallest absolute Gasteiger partial charge is 0.000884 e. The van der Waals surface area contributed by atoms with E-state index in [0.717, 1.165) is 0 Å². The van der Waals surface area contributed by atoms with Gasteiger partial charge in [0, 0.05) is 0 Å². The summed E-state index contributed by atoms with van der Waals surface area (Å²) in [5.74, 6) is -1.24. The van der Waals surface area contributed by atoms with Gasteiger partial charge in [-0.25, -0.2) is 9.59 Å². The Morgan fingerprint density at radius 3 is 0.897 bits per heavy atom. The average Bonchev–Trinajstić information content (AvgIpc) is 3.39. The van der Waals surface area contributed by atoms with Crippen LogP contribution in [-0.2, 0) is 40.6 Å². The van der Waals surface area contributed by atoms with E-state index in [4.69, 9.17) is 14.1 Å². The molecule has 0 heterocycles. The van der Waals surface area contributed by atoms with E-state index in [1.165, 1.54) is 64.5 Å². The Morgan fingerprint density at radius 2 is 0.667 bits per heavy atom. The first-order valence-corrected chi connectivity index (χ1v) is 42.1. The Kier molecular flexibility index (Phi) is 24.1. The van der Waals surface area contributed by atoms with Gasteiger partial charge in [-0.15, -0.1) is 0 Å². The molecular weight excluding hydrogens is 1550 g/mol. The molecule has 0 aliphatic rings. The van der Waals surface area contributed by atoms with Gasteiger partial charge < -0.3 is 9.47 Å². The van der Waals surface area contributed by atoms with Crippen LogP contribution in [0.25, 0.3) is 32.7 Å². The predicted octanol–water partition coefficient (Wildman–Crippen LogP) is 15.7. The molecular formula is C55H48BrF12IrO5P2Sb2. The first-order chi connectivity index (χ1) is 36.3. The van der Waals surface area contributed by atoms with Gasteiger partial charge in [-0.2, -0.15) is 0 Å². The van der Waals surface area contributed by atoms with Crippen molar-refractivity contribution >= 4 is 134 Å². The van der Waals surface area contributed by atoms with Gasteiger partial charge >= 0.3 is 126 Å². The number of carbonyl (C=O) groups is 2. The maximum Gasteiger partial charge on any atom is -0.000884 e. The fraction of sp³-hybridized carbons (Fsp3) is 0.109. The topological polar surface area (TPSA) is 72.5 Å². The van der Waals surface area contributed by atoms with E-state index < -0.39 is 66.7 Å². The summed E-state index contributed by atoms with van der Waals surface area (Å²) in [4.78, 5) is 22.6. The Balaban J connectivity index is 0.000000411.